The predicted molar refractivity (Wildman–Crippen MR) is 253 cm³/mol. The average molecular weight is 824 g/mol. The lowest BCUT2D eigenvalue weighted by Crippen LogP contribution is -2.32. The van der Waals surface area contributed by atoms with Gasteiger partial charge in [-0.25, -0.2) is 24.9 Å². The molecule has 1 spiro atoms. The van der Waals surface area contributed by atoms with Crippen molar-refractivity contribution in [3.8, 4) is 79.4 Å². The first kappa shape index (κ1) is 35.6. The first-order chi connectivity index (χ1) is 31.2. The van der Waals surface area contributed by atoms with Gasteiger partial charge in [-0.2, -0.15) is 0 Å². The van der Waals surface area contributed by atoms with E-state index in [1.807, 2.05) is 78.9 Å². The summed E-state index contributed by atoms with van der Waals surface area (Å²) in [5.74, 6) is 4.18. The summed E-state index contributed by atoms with van der Waals surface area (Å²) in [5.41, 5.74) is 12.6. The van der Waals surface area contributed by atoms with E-state index < -0.39 is 5.41 Å². The summed E-state index contributed by atoms with van der Waals surface area (Å²) >= 11 is 1.75. The Balaban J connectivity index is 1.13. The molecule has 0 saturated carbocycles. The highest BCUT2D eigenvalue weighted by molar-refractivity contribution is 7.26. The summed E-state index contributed by atoms with van der Waals surface area (Å²) in [7, 11) is 0. The molecular weight excluding hydrogens is 791 g/mol. The summed E-state index contributed by atoms with van der Waals surface area (Å²) in [6, 6.07) is 69.5. The average Bonchev–Trinajstić information content (AvgIpc) is 3.88. The molecule has 294 valence electrons. The second-order valence-corrected chi connectivity index (χ2v) is 17.0. The molecule has 0 amide bonds. The molecule has 0 unspecified atom stereocenters. The fourth-order valence-corrected chi connectivity index (χ4v) is 10.9. The van der Waals surface area contributed by atoms with Crippen LogP contribution in [-0.2, 0) is 5.41 Å². The predicted octanol–water partition coefficient (Wildman–Crippen LogP) is 13.8. The van der Waals surface area contributed by atoms with E-state index in [2.05, 4.69) is 121 Å². The Bertz CT molecular complexity index is 3500. The number of para-hydroxylation sites is 2. The molecule has 0 radical (unpaired) electrons. The Morgan fingerprint density at radius 2 is 0.905 bits per heavy atom. The molecule has 0 N–H and O–H groups in total. The van der Waals surface area contributed by atoms with Gasteiger partial charge < -0.3 is 4.74 Å². The van der Waals surface area contributed by atoms with E-state index in [1.165, 1.54) is 4.70 Å². The third kappa shape index (κ3) is 5.40. The Kier molecular flexibility index (Phi) is 7.89. The summed E-state index contributed by atoms with van der Waals surface area (Å²) in [4.78, 5) is 26.2. The molecule has 1 aliphatic heterocycles. The largest absolute Gasteiger partial charge is 0.457 e. The number of rotatable bonds is 5. The normalized spacial score (nSPS) is 13.0. The number of nitrogens with zero attached hydrogens (tertiary/aromatic N) is 5. The number of aromatic nitrogens is 5. The van der Waals surface area contributed by atoms with Crippen LogP contribution in [0.1, 0.15) is 22.3 Å². The van der Waals surface area contributed by atoms with Crippen LogP contribution >= 0.6 is 11.3 Å². The van der Waals surface area contributed by atoms with Gasteiger partial charge in [0.05, 0.1) is 21.3 Å². The molecule has 7 heteroatoms. The van der Waals surface area contributed by atoms with Crippen LogP contribution in [0.3, 0.4) is 0 Å². The van der Waals surface area contributed by atoms with Crippen molar-refractivity contribution in [1.82, 2.24) is 24.9 Å². The zero-order chi connectivity index (χ0) is 41.5. The van der Waals surface area contributed by atoms with Crippen LogP contribution in [0.5, 0.6) is 11.5 Å². The maximum Gasteiger partial charge on any atom is 0.164 e. The smallest absolute Gasteiger partial charge is 0.164 e. The second-order valence-electron chi connectivity index (χ2n) is 15.9. The molecule has 4 heterocycles. The minimum Gasteiger partial charge on any atom is -0.457 e. The fourth-order valence-electron chi connectivity index (χ4n) is 9.71. The highest BCUT2D eigenvalue weighted by Crippen LogP contribution is 2.64. The summed E-state index contributed by atoms with van der Waals surface area (Å²) in [5, 5.41) is 1.13. The molecule has 0 fully saturated rings. The molecule has 2 aliphatic rings. The summed E-state index contributed by atoms with van der Waals surface area (Å²) < 4.78 is 8.99. The molecule has 3 aromatic heterocycles. The van der Waals surface area contributed by atoms with Gasteiger partial charge in [-0.05, 0) is 46.5 Å². The van der Waals surface area contributed by atoms with E-state index in [0.29, 0.717) is 23.3 Å². The Labute approximate surface area is 366 Å². The molecule has 0 saturated heterocycles. The lowest BCUT2D eigenvalue weighted by atomic mass is 9.66. The van der Waals surface area contributed by atoms with Crippen molar-refractivity contribution in [3.63, 3.8) is 0 Å². The van der Waals surface area contributed by atoms with E-state index in [4.69, 9.17) is 29.7 Å². The molecule has 1 aliphatic carbocycles. The monoisotopic (exact) mass is 823 g/mol. The SMILES string of the molecule is c1ccc(-c2nc(-c3ccccc3)nc(-c3ccc4c(c3)C3(c5ccccc5Oc5ccccc53)c3cccc(-c5nc(-c6ccccc6)nc6c5sc5ccccc56)c3-4)n2)cc1. The lowest BCUT2D eigenvalue weighted by molar-refractivity contribution is 0.436. The maximum absolute atomic E-state index is 6.76. The number of ether oxygens (including phenoxy) is 1. The molecule has 13 rings (SSSR count). The van der Waals surface area contributed by atoms with E-state index in [1.54, 1.807) is 11.3 Å². The van der Waals surface area contributed by atoms with Crippen LogP contribution in [0.25, 0.3) is 88.2 Å². The van der Waals surface area contributed by atoms with Crippen molar-refractivity contribution in [2.75, 3.05) is 0 Å². The first-order valence-electron chi connectivity index (χ1n) is 21.0. The standard InChI is InChI=1S/C56H33N5OS/c1-4-17-34(18-5-1)52-57-49-39-23-10-15-30-47(39)63-51(49)50(58-52)40-24-16-27-43-48(40)38-32-31-37(33-44(38)56(43)41-25-11-13-28-45(41)62-46-29-14-12-26-42(46)56)55-60-53(35-19-6-2-7-20-35)59-54(61-55)36-21-8-3-9-22-36/h1-33H. The zero-order valence-corrected chi connectivity index (χ0v) is 34.4. The number of benzene rings is 8. The zero-order valence-electron chi connectivity index (χ0n) is 33.6. The molecule has 0 bridgehead atoms. The van der Waals surface area contributed by atoms with Crippen molar-refractivity contribution < 1.29 is 4.74 Å². The van der Waals surface area contributed by atoms with Crippen LogP contribution < -0.4 is 4.74 Å². The summed E-state index contributed by atoms with van der Waals surface area (Å²) in [6.45, 7) is 0. The second kappa shape index (κ2) is 14.0. The van der Waals surface area contributed by atoms with Gasteiger partial charge in [0, 0.05) is 49.0 Å². The molecule has 6 nitrogen and oxygen atoms in total. The maximum atomic E-state index is 6.76. The molecular formula is C56H33N5OS. The van der Waals surface area contributed by atoms with Gasteiger partial charge in [0.15, 0.2) is 23.3 Å². The molecule has 0 atom stereocenters. The van der Waals surface area contributed by atoms with Crippen LogP contribution in [0, 0.1) is 0 Å². The van der Waals surface area contributed by atoms with Crippen LogP contribution in [-0.4, -0.2) is 24.9 Å². The van der Waals surface area contributed by atoms with Crippen molar-refractivity contribution in [1.29, 1.82) is 0 Å². The van der Waals surface area contributed by atoms with E-state index in [0.717, 1.165) is 94.0 Å². The van der Waals surface area contributed by atoms with Crippen LogP contribution in [0.2, 0.25) is 0 Å². The van der Waals surface area contributed by atoms with Gasteiger partial charge in [-0.1, -0.05) is 176 Å². The van der Waals surface area contributed by atoms with Gasteiger partial charge >= 0.3 is 0 Å². The molecule has 63 heavy (non-hydrogen) atoms. The van der Waals surface area contributed by atoms with Crippen molar-refractivity contribution in [3.05, 3.63) is 222 Å². The minimum absolute atomic E-state index is 0.598. The van der Waals surface area contributed by atoms with Crippen molar-refractivity contribution in [2.24, 2.45) is 0 Å². The number of hydrogen-bond donors (Lipinski definition) is 0. The van der Waals surface area contributed by atoms with Crippen molar-refractivity contribution >= 4 is 31.6 Å². The van der Waals surface area contributed by atoms with E-state index in [9.17, 15) is 0 Å². The Morgan fingerprint density at radius 1 is 0.381 bits per heavy atom. The topological polar surface area (TPSA) is 73.7 Å². The minimum atomic E-state index is -0.756. The van der Waals surface area contributed by atoms with Crippen LogP contribution in [0.15, 0.2) is 200 Å². The highest BCUT2D eigenvalue weighted by Gasteiger charge is 2.52. The number of hydrogen-bond acceptors (Lipinski definition) is 7. The Morgan fingerprint density at radius 3 is 1.54 bits per heavy atom. The summed E-state index contributed by atoms with van der Waals surface area (Å²) in [6.07, 6.45) is 0. The molecule has 11 aromatic rings. The highest BCUT2D eigenvalue weighted by atomic mass is 32.1. The van der Waals surface area contributed by atoms with Gasteiger partial charge in [-0.3, -0.25) is 0 Å². The fraction of sp³-hybridized carbons (Fsp3) is 0.0179. The number of fused-ring (bicyclic) bond motifs is 12. The van der Waals surface area contributed by atoms with Gasteiger partial charge in [0.2, 0.25) is 0 Å². The lowest BCUT2D eigenvalue weighted by Gasteiger charge is -2.39. The quantitative estimate of drug-likeness (QED) is 0.172. The third-order valence-electron chi connectivity index (χ3n) is 12.4. The van der Waals surface area contributed by atoms with Gasteiger partial charge in [0.25, 0.3) is 0 Å². The van der Waals surface area contributed by atoms with Gasteiger partial charge in [0.1, 0.15) is 11.5 Å². The first-order valence-corrected chi connectivity index (χ1v) is 21.8. The Hall–Kier alpha value is -8.13. The number of thiophene rings is 1. The van der Waals surface area contributed by atoms with Crippen LogP contribution in [0.4, 0.5) is 0 Å². The molecule has 8 aromatic carbocycles. The van der Waals surface area contributed by atoms with E-state index in [-0.39, 0.29) is 0 Å². The van der Waals surface area contributed by atoms with Gasteiger partial charge in [-0.15, -0.1) is 11.3 Å². The third-order valence-corrected chi connectivity index (χ3v) is 13.6. The van der Waals surface area contributed by atoms with E-state index >= 15 is 0 Å². The van der Waals surface area contributed by atoms with Crippen molar-refractivity contribution in [2.45, 2.75) is 5.41 Å².